The fourth-order valence-corrected chi connectivity index (χ4v) is 3.20. The summed E-state index contributed by atoms with van der Waals surface area (Å²) in [5.41, 5.74) is 4.21. The molecule has 0 saturated carbocycles. The summed E-state index contributed by atoms with van der Waals surface area (Å²) in [6, 6.07) is 13.6. The van der Waals surface area contributed by atoms with Crippen molar-refractivity contribution in [2.24, 2.45) is 0 Å². The number of fused-ring (bicyclic) bond motifs is 1. The van der Waals surface area contributed by atoms with E-state index in [4.69, 9.17) is 5.10 Å². The number of halogens is 1. The zero-order chi connectivity index (χ0) is 19.5. The Balaban J connectivity index is 1.97. The molecule has 0 saturated heterocycles. The molecule has 0 amide bonds. The Morgan fingerprint density at radius 2 is 1.86 bits per heavy atom. The van der Waals surface area contributed by atoms with Crippen molar-refractivity contribution in [1.29, 1.82) is 0 Å². The van der Waals surface area contributed by atoms with Crippen LogP contribution in [0, 0.1) is 5.82 Å². The van der Waals surface area contributed by atoms with E-state index in [9.17, 15) is 4.39 Å². The maximum Gasteiger partial charge on any atom is 0.223 e. The predicted molar refractivity (Wildman–Crippen MR) is 110 cm³/mol. The predicted octanol–water partition coefficient (Wildman–Crippen LogP) is 4.46. The third-order valence-electron chi connectivity index (χ3n) is 4.37. The summed E-state index contributed by atoms with van der Waals surface area (Å²) in [6.45, 7) is 5.45. The van der Waals surface area contributed by atoms with Gasteiger partial charge in [0.05, 0.1) is 17.3 Å². The van der Waals surface area contributed by atoms with Crippen molar-refractivity contribution in [1.82, 2.24) is 19.6 Å². The molecule has 4 aromatic rings. The van der Waals surface area contributed by atoms with Crippen LogP contribution in [0.1, 0.15) is 13.8 Å². The summed E-state index contributed by atoms with van der Waals surface area (Å²) >= 11 is 0. The molecule has 28 heavy (non-hydrogen) atoms. The smallest absolute Gasteiger partial charge is 0.223 e. The van der Waals surface area contributed by atoms with E-state index in [1.54, 1.807) is 4.52 Å². The van der Waals surface area contributed by atoms with Crippen molar-refractivity contribution >= 4 is 17.2 Å². The van der Waals surface area contributed by atoms with E-state index in [-0.39, 0.29) is 5.69 Å². The van der Waals surface area contributed by atoms with Crippen molar-refractivity contribution in [2.45, 2.75) is 13.8 Å². The van der Waals surface area contributed by atoms with Crippen molar-refractivity contribution in [3.05, 3.63) is 60.7 Å². The Bertz CT molecular complexity index is 1120. The van der Waals surface area contributed by atoms with Gasteiger partial charge in [-0.05, 0) is 38.1 Å². The van der Waals surface area contributed by atoms with Crippen LogP contribution in [0.2, 0.25) is 0 Å². The van der Waals surface area contributed by atoms with E-state index in [2.05, 4.69) is 20.6 Å². The molecule has 3 aromatic heterocycles. The molecule has 0 aliphatic heterocycles. The van der Waals surface area contributed by atoms with E-state index in [1.165, 1.54) is 6.20 Å². The van der Waals surface area contributed by atoms with Gasteiger partial charge in [-0.2, -0.15) is 5.10 Å². The van der Waals surface area contributed by atoms with E-state index >= 15 is 0 Å². The summed E-state index contributed by atoms with van der Waals surface area (Å²) in [7, 11) is 0. The minimum absolute atomic E-state index is 0.232. The monoisotopic (exact) mass is 376 g/mol. The van der Waals surface area contributed by atoms with Crippen LogP contribution >= 0.6 is 0 Å². The van der Waals surface area contributed by atoms with Gasteiger partial charge < -0.3 is 10.6 Å². The van der Waals surface area contributed by atoms with Gasteiger partial charge in [-0.3, -0.25) is 0 Å². The molecule has 7 heteroatoms. The van der Waals surface area contributed by atoms with Crippen LogP contribution in [-0.4, -0.2) is 32.7 Å². The highest BCUT2D eigenvalue weighted by Gasteiger charge is 2.21. The molecule has 6 nitrogen and oxygen atoms in total. The summed E-state index contributed by atoms with van der Waals surface area (Å²) in [5.74, 6) is -0.0916. The van der Waals surface area contributed by atoms with E-state index in [0.717, 1.165) is 23.3 Å². The fraction of sp³-hybridized carbons (Fsp3) is 0.190. The molecule has 0 radical (unpaired) electrons. The molecule has 0 spiro atoms. The van der Waals surface area contributed by atoms with Crippen LogP contribution in [0.25, 0.3) is 28.0 Å². The zero-order valence-electron chi connectivity index (χ0n) is 15.8. The van der Waals surface area contributed by atoms with Gasteiger partial charge >= 0.3 is 0 Å². The highest BCUT2D eigenvalue weighted by atomic mass is 19.1. The first-order valence-corrected chi connectivity index (χ1v) is 9.29. The van der Waals surface area contributed by atoms with Gasteiger partial charge in [0.2, 0.25) is 5.95 Å². The van der Waals surface area contributed by atoms with Crippen LogP contribution in [0.4, 0.5) is 16.0 Å². The Labute approximate surface area is 162 Å². The highest BCUT2D eigenvalue weighted by Crippen LogP contribution is 2.36. The quantitative estimate of drug-likeness (QED) is 0.520. The Hall–Kier alpha value is -3.48. The molecule has 2 N–H and O–H groups in total. The van der Waals surface area contributed by atoms with Crippen LogP contribution in [0.5, 0.6) is 0 Å². The number of pyridine rings is 1. The molecule has 0 aliphatic carbocycles. The number of hydrogen-bond donors (Lipinski definition) is 2. The largest absolute Gasteiger partial charge is 0.385 e. The first-order valence-electron chi connectivity index (χ1n) is 9.29. The van der Waals surface area contributed by atoms with E-state index in [1.807, 2.05) is 62.5 Å². The van der Waals surface area contributed by atoms with Crippen molar-refractivity contribution in [2.75, 3.05) is 23.7 Å². The van der Waals surface area contributed by atoms with Crippen LogP contribution in [0.15, 0.2) is 54.9 Å². The second kappa shape index (κ2) is 7.64. The van der Waals surface area contributed by atoms with Gasteiger partial charge in [-0.25, -0.2) is 18.9 Å². The summed E-state index contributed by atoms with van der Waals surface area (Å²) in [5, 5.41) is 11.1. The van der Waals surface area contributed by atoms with Crippen molar-refractivity contribution in [3.8, 4) is 22.5 Å². The number of nitrogens with one attached hydrogen (secondary N) is 2. The van der Waals surface area contributed by atoms with Gasteiger partial charge in [0.15, 0.2) is 5.82 Å². The van der Waals surface area contributed by atoms with Crippen LogP contribution in [-0.2, 0) is 0 Å². The SMILES string of the molecule is CCNc1cccc(-c2nn3ccccc3c2-c2nc(NCC)ncc2F)c1. The Morgan fingerprint density at radius 3 is 2.68 bits per heavy atom. The number of benzene rings is 1. The third kappa shape index (κ3) is 3.26. The lowest BCUT2D eigenvalue weighted by Gasteiger charge is -2.09. The van der Waals surface area contributed by atoms with Gasteiger partial charge in [0, 0.05) is 30.5 Å². The third-order valence-corrected chi connectivity index (χ3v) is 4.37. The number of nitrogens with zero attached hydrogens (tertiary/aromatic N) is 4. The second-order valence-corrected chi connectivity index (χ2v) is 6.29. The lowest BCUT2D eigenvalue weighted by molar-refractivity contribution is 0.619. The molecule has 0 atom stereocenters. The number of hydrogen-bond acceptors (Lipinski definition) is 5. The molecule has 4 rings (SSSR count). The first-order chi connectivity index (χ1) is 13.7. The molecule has 1 aromatic carbocycles. The highest BCUT2D eigenvalue weighted by molar-refractivity contribution is 5.91. The Morgan fingerprint density at radius 1 is 1.00 bits per heavy atom. The molecular weight excluding hydrogens is 355 g/mol. The molecule has 3 heterocycles. The maximum atomic E-state index is 14.8. The summed E-state index contributed by atoms with van der Waals surface area (Å²) < 4.78 is 16.5. The lowest BCUT2D eigenvalue weighted by atomic mass is 10.0. The van der Waals surface area contributed by atoms with Crippen LogP contribution < -0.4 is 10.6 Å². The fourth-order valence-electron chi connectivity index (χ4n) is 3.20. The lowest BCUT2D eigenvalue weighted by Crippen LogP contribution is -2.04. The molecule has 0 aliphatic rings. The summed E-state index contributed by atoms with van der Waals surface area (Å²) in [6.07, 6.45) is 3.05. The molecule has 0 bridgehead atoms. The average Bonchev–Trinajstić information content (AvgIpc) is 3.10. The number of rotatable bonds is 6. The van der Waals surface area contributed by atoms with Crippen molar-refractivity contribution < 1.29 is 4.39 Å². The topological polar surface area (TPSA) is 67.1 Å². The molecular formula is C21H21FN6. The molecule has 0 fully saturated rings. The second-order valence-electron chi connectivity index (χ2n) is 6.29. The van der Waals surface area contributed by atoms with E-state index < -0.39 is 5.82 Å². The van der Waals surface area contributed by atoms with Gasteiger partial charge in [0.25, 0.3) is 0 Å². The van der Waals surface area contributed by atoms with Crippen LogP contribution in [0.3, 0.4) is 0 Å². The molecule has 142 valence electrons. The summed E-state index contributed by atoms with van der Waals surface area (Å²) in [4.78, 5) is 8.46. The maximum absolute atomic E-state index is 14.8. The number of aromatic nitrogens is 4. The first kappa shape index (κ1) is 17.9. The zero-order valence-corrected chi connectivity index (χ0v) is 15.8. The van der Waals surface area contributed by atoms with Crippen molar-refractivity contribution in [3.63, 3.8) is 0 Å². The number of anilines is 2. The minimum atomic E-state index is -0.482. The normalized spacial score (nSPS) is 11.0. The average molecular weight is 376 g/mol. The molecule has 0 unspecified atom stereocenters. The Kier molecular flexibility index (Phi) is 4.89. The van der Waals surface area contributed by atoms with Gasteiger partial charge in [-0.15, -0.1) is 0 Å². The standard InChI is InChI=1S/C21H21FN6/c1-3-23-15-9-7-8-14(12-15)19-18(17-10-5-6-11-28(17)27-19)20-16(22)13-25-21(26-20)24-4-2/h5-13,23H,3-4H2,1-2H3,(H,24,25,26). The van der Waals surface area contributed by atoms with E-state index in [0.29, 0.717) is 23.8 Å². The van der Waals surface area contributed by atoms with Gasteiger partial charge in [0.1, 0.15) is 11.4 Å². The van der Waals surface area contributed by atoms with Gasteiger partial charge in [-0.1, -0.05) is 18.2 Å². The minimum Gasteiger partial charge on any atom is -0.385 e.